The number of hydrogen-bond donors (Lipinski definition) is 2. The van der Waals surface area contributed by atoms with Crippen LogP contribution in [0, 0.1) is 0 Å². The molecule has 1 rings (SSSR count). The van der Waals surface area contributed by atoms with Gasteiger partial charge < -0.3 is 15.3 Å². The second-order valence-electron chi connectivity index (χ2n) is 3.76. The molecule has 98 valence electrons. The van der Waals surface area contributed by atoms with Crippen LogP contribution < -0.4 is 5.32 Å². The predicted molar refractivity (Wildman–Crippen MR) is 50.9 cm³/mol. The van der Waals surface area contributed by atoms with Crippen molar-refractivity contribution in [3.8, 4) is 0 Å². The van der Waals surface area contributed by atoms with E-state index < -0.39 is 37.8 Å². The monoisotopic (exact) mass is 254 g/mol. The Bertz CT molecular complexity index is 306. The zero-order valence-corrected chi connectivity index (χ0v) is 8.96. The summed E-state index contributed by atoms with van der Waals surface area (Å²) in [6, 6.07) is -0.906. The molecular weight excluding hydrogens is 241 g/mol. The topological polar surface area (TPSA) is 69.6 Å². The summed E-state index contributed by atoms with van der Waals surface area (Å²) >= 11 is 0. The van der Waals surface area contributed by atoms with Gasteiger partial charge >= 0.3 is 6.18 Å². The number of carbonyl (C=O) groups excluding carboxylic acids is 2. The number of nitrogens with zero attached hydrogens (tertiary/aromatic N) is 1. The first-order valence-electron chi connectivity index (χ1n) is 5.09. The number of nitrogens with one attached hydrogen (secondary N) is 1. The van der Waals surface area contributed by atoms with E-state index in [-0.39, 0.29) is 18.7 Å². The van der Waals surface area contributed by atoms with Crippen LogP contribution in [0.1, 0.15) is 12.8 Å². The van der Waals surface area contributed by atoms with Crippen molar-refractivity contribution in [2.75, 3.05) is 19.7 Å². The van der Waals surface area contributed by atoms with Gasteiger partial charge in [-0.3, -0.25) is 9.59 Å². The molecule has 1 atom stereocenters. The lowest BCUT2D eigenvalue weighted by Crippen LogP contribution is -2.48. The van der Waals surface area contributed by atoms with E-state index in [1.54, 1.807) is 0 Å². The summed E-state index contributed by atoms with van der Waals surface area (Å²) in [5, 5.41) is 10.9. The molecule has 1 heterocycles. The number of aliphatic hydroxyl groups excluding tert-OH is 1. The molecule has 2 N–H and O–H groups in total. The van der Waals surface area contributed by atoms with Crippen LogP contribution in [0.15, 0.2) is 0 Å². The lowest BCUT2D eigenvalue weighted by molar-refractivity contribution is -0.163. The lowest BCUT2D eigenvalue weighted by atomic mass is 10.2. The third kappa shape index (κ3) is 4.22. The average molecular weight is 254 g/mol. The van der Waals surface area contributed by atoms with E-state index in [0.717, 1.165) is 0 Å². The molecular formula is C9H13F3N2O3. The SMILES string of the molecule is O=C1CCC(C(=O)N(CCO)CC(F)(F)F)N1. The van der Waals surface area contributed by atoms with E-state index in [0.29, 0.717) is 4.90 Å². The fourth-order valence-electron chi connectivity index (χ4n) is 1.62. The number of halogens is 3. The third-order valence-electron chi connectivity index (χ3n) is 2.35. The van der Waals surface area contributed by atoms with E-state index in [1.165, 1.54) is 0 Å². The number of aliphatic hydroxyl groups is 1. The Morgan fingerprint density at radius 3 is 2.59 bits per heavy atom. The van der Waals surface area contributed by atoms with Gasteiger partial charge in [-0.2, -0.15) is 13.2 Å². The molecule has 0 aromatic carbocycles. The molecule has 17 heavy (non-hydrogen) atoms. The molecule has 0 aliphatic carbocycles. The molecule has 8 heteroatoms. The summed E-state index contributed by atoms with van der Waals surface area (Å²) in [5.74, 6) is -1.15. The lowest BCUT2D eigenvalue weighted by Gasteiger charge is -2.25. The van der Waals surface area contributed by atoms with E-state index in [9.17, 15) is 22.8 Å². The zero-order valence-electron chi connectivity index (χ0n) is 8.96. The fraction of sp³-hybridized carbons (Fsp3) is 0.778. The third-order valence-corrected chi connectivity index (χ3v) is 2.35. The maximum absolute atomic E-state index is 12.2. The largest absolute Gasteiger partial charge is 0.406 e. The molecule has 0 saturated carbocycles. The first kappa shape index (κ1) is 13.8. The molecule has 1 saturated heterocycles. The smallest absolute Gasteiger partial charge is 0.395 e. The van der Waals surface area contributed by atoms with Gasteiger partial charge in [-0.15, -0.1) is 0 Å². The first-order valence-corrected chi connectivity index (χ1v) is 5.09. The summed E-state index contributed by atoms with van der Waals surface area (Å²) in [6.07, 6.45) is -4.19. The minimum atomic E-state index is -4.52. The fourth-order valence-corrected chi connectivity index (χ4v) is 1.62. The molecule has 0 aromatic heterocycles. The summed E-state index contributed by atoms with van der Waals surface area (Å²) < 4.78 is 36.6. The molecule has 0 spiro atoms. The van der Waals surface area contributed by atoms with Crippen LogP contribution in [0.25, 0.3) is 0 Å². The van der Waals surface area contributed by atoms with Gasteiger partial charge in [-0.05, 0) is 6.42 Å². The van der Waals surface area contributed by atoms with Crippen molar-refractivity contribution in [3.63, 3.8) is 0 Å². The highest BCUT2D eigenvalue weighted by atomic mass is 19.4. The van der Waals surface area contributed by atoms with E-state index in [2.05, 4.69) is 5.32 Å². The predicted octanol–water partition coefficient (Wildman–Crippen LogP) is -0.352. The minimum Gasteiger partial charge on any atom is -0.395 e. The maximum atomic E-state index is 12.2. The molecule has 2 amide bonds. The van der Waals surface area contributed by atoms with Crippen LogP contribution in [0.5, 0.6) is 0 Å². The van der Waals surface area contributed by atoms with Gasteiger partial charge in [0.25, 0.3) is 0 Å². The van der Waals surface area contributed by atoms with Gasteiger partial charge in [0.05, 0.1) is 6.61 Å². The van der Waals surface area contributed by atoms with Gasteiger partial charge in [0, 0.05) is 13.0 Å². The van der Waals surface area contributed by atoms with Crippen LogP contribution in [0.3, 0.4) is 0 Å². The Morgan fingerprint density at radius 1 is 1.53 bits per heavy atom. The van der Waals surface area contributed by atoms with Gasteiger partial charge in [-0.1, -0.05) is 0 Å². The van der Waals surface area contributed by atoms with Crippen LogP contribution in [0.2, 0.25) is 0 Å². The number of alkyl halides is 3. The van der Waals surface area contributed by atoms with Crippen molar-refractivity contribution in [1.82, 2.24) is 10.2 Å². The van der Waals surface area contributed by atoms with Gasteiger partial charge in [-0.25, -0.2) is 0 Å². The molecule has 1 unspecified atom stereocenters. The van der Waals surface area contributed by atoms with Crippen LogP contribution >= 0.6 is 0 Å². The first-order chi connectivity index (χ1) is 7.83. The minimum absolute atomic E-state index is 0.134. The number of amides is 2. The summed E-state index contributed by atoms with van der Waals surface area (Å²) in [4.78, 5) is 23.0. The number of hydrogen-bond acceptors (Lipinski definition) is 3. The highest BCUT2D eigenvalue weighted by molar-refractivity contribution is 5.90. The van der Waals surface area contributed by atoms with Crippen molar-refractivity contribution >= 4 is 11.8 Å². The second-order valence-corrected chi connectivity index (χ2v) is 3.76. The van der Waals surface area contributed by atoms with E-state index in [4.69, 9.17) is 5.11 Å². The normalized spacial score (nSPS) is 20.2. The molecule has 5 nitrogen and oxygen atoms in total. The van der Waals surface area contributed by atoms with Crippen LogP contribution in [-0.2, 0) is 9.59 Å². The summed E-state index contributed by atoms with van der Waals surface area (Å²) in [7, 11) is 0. The van der Waals surface area contributed by atoms with Crippen LogP contribution in [0.4, 0.5) is 13.2 Å². The van der Waals surface area contributed by atoms with Gasteiger partial charge in [0.1, 0.15) is 12.6 Å². The van der Waals surface area contributed by atoms with E-state index in [1.807, 2.05) is 0 Å². The summed E-state index contributed by atoms with van der Waals surface area (Å²) in [6.45, 7) is -2.37. The average Bonchev–Trinajstić information content (AvgIpc) is 2.61. The molecule has 1 aliphatic heterocycles. The number of carbonyl (C=O) groups is 2. The zero-order chi connectivity index (χ0) is 13.1. The Kier molecular flexibility index (Phi) is 4.33. The number of rotatable bonds is 4. The second kappa shape index (κ2) is 5.35. The molecule has 0 radical (unpaired) electrons. The Hall–Kier alpha value is -1.31. The molecule has 1 aliphatic rings. The molecule has 0 aromatic rings. The van der Waals surface area contributed by atoms with E-state index >= 15 is 0 Å². The Balaban J connectivity index is 2.63. The standard InChI is InChI=1S/C9H13F3N2O3/c10-9(11,12)5-14(3-4-15)8(17)6-1-2-7(16)13-6/h6,15H,1-5H2,(H,13,16). The Labute approximate surface area is 95.6 Å². The Morgan fingerprint density at radius 2 is 2.18 bits per heavy atom. The van der Waals surface area contributed by atoms with Gasteiger partial charge in [0.2, 0.25) is 11.8 Å². The molecule has 0 bridgehead atoms. The van der Waals surface area contributed by atoms with Gasteiger partial charge in [0.15, 0.2) is 0 Å². The highest BCUT2D eigenvalue weighted by Gasteiger charge is 2.37. The van der Waals surface area contributed by atoms with Crippen LogP contribution in [-0.4, -0.2) is 53.7 Å². The quantitative estimate of drug-likeness (QED) is 0.720. The summed E-state index contributed by atoms with van der Waals surface area (Å²) in [5.41, 5.74) is 0. The van der Waals surface area contributed by atoms with Crippen molar-refractivity contribution in [2.45, 2.75) is 25.1 Å². The maximum Gasteiger partial charge on any atom is 0.406 e. The highest BCUT2D eigenvalue weighted by Crippen LogP contribution is 2.18. The molecule has 1 fully saturated rings. The van der Waals surface area contributed by atoms with Crippen molar-refractivity contribution in [3.05, 3.63) is 0 Å². The van der Waals surface area contributed by atoms with Crippen molar-refractivity contribution < 1.29 is 27.9 Å². The van der Waals surface area contributed by atoms with Crippen molar-refractivity contribution in [1.29, 1.82) is 0 Å². The van der Waals surface area contributed by atoms with Crippen molar-refractivity contribution in [2.24, 2.45) is 0 Å².